The van der Waals surface area contributed by atoms with E-state index in [0.717, 1.165) is 5.69 Å². The number of hydrogen-bond donors (Lipinski definition) is 0. The molecule has 0 spiro atoms. The number of aromatic nitrogens is 1. The molecule has 0 N–H and O–H groups in total. The van der Waals surface area contributed by atoms with Crippen LogP contribution in [0.4, 0.5) is 0 Å². The van der Waals surface area contributed by atoms with Gasteiger partial charge < -0.3 is 4.57 Å². The van der Waals surface area contributed by atoms with Crippen LogP contribution in [0.5, 0.6) is 0 Å². The first kappa shape index (κ1) is 13.3. The summed E-state index contributed by atoms with van der Waals surface area (Å²) >= 11 is 0. The molecule has 4 rings (SSSR count). The highest BCUT2D eigenvalue weighted by Crippen LogP contribution is 2.30. The van der Waals surface area contributed by atoms with Gasteiger partial charge in [-0.05, 0) is 30.3 Å². The van der Waals surface area contributed by atoms with Gasteiger partial charge in [0.2, 0.25) is 0 Å². The van der Waals surface area contributed by atoms with Crippen molar-refractivity contribution in [3.8, 4) is 5.69 Å². The lowest BCUT2D eigenvalue weighted by atomic mass is 10.2. The van der Waals surface area contributed by atoms with Crippen LogP contribution >= 0.6 is 0 Å². The molecule has 0 unspecified atom stereocenters. The molecule has 0 aliphatic heterocycles. The summed E-state index contributed by atoms with van der Waals surface area (Å²) in [6.07, 6.45) is 0. The smallest absolute Gasteiger partial charge is 0.0973 e. The molecule has 4 aromatic rings. The van der Waals surface area contributed by atoms with Gasteiger partial charge in [-0.25, -0.2) is 0 Å². The second-order valence-corrected chi connectivity index (χ2v) is 4.55. The van der Waals surface area contributed by atoms with Crippen molar-refractivity contribution in [2.75, 3.05) is 0 Å². The largest absolute Gasteiger partial charge is 0.302 e. The Labute approximate surface area is 125 Å². The van der Waals surface area contributed by atoms with Gasteiger partial charge in [0, 0.05) is 10.8 Å². The molecule has 1 heteroatoms. The van der Waals surface area contributed by atoms with Gasteiger partial charge in [-0.15, -0.1) is 0 Å². The van der Waals surface area contributed by atoms with Crippen LogP contribution in [-0.2, 0) is 0 Å². The Hall–Kier alpha value is -2.72. The molecule has 21 heavy (non-hydrogen) atoms. The predicted molar refractivity (Wildman–Crippen MR) is 89.8 cm³/mol. The summed E-state index contributed by atoms with van der Waals surface area (Å²) in [6, 6.07) is 29.1. The van der Waals surface area contributed by atoms with Gasteiger partial charge in [-0.3, -0.25) is 0 Å². The molecule has 1 heterocycles. The zero-order valence-corrected chi connectivity index (χ0v) is 12.3. The van der Waals surface area contributed by atoms with Crippen LogP contribution < -0.4 is 0 Å². The Morgan fingerprint density at radius 1 is 0.714 bits per heavy atom. The van der Waals surface area contributed by atoms with Crippen molar-refractivity contribution in [1.82, 2.24) is 4.57 Å². The number of rotatable bonds is 1. The maximum Gasteiger partial charge on any atom is 0.0973 e. The van der Waals surface area contributed by atoms with E-state index < -0.39 is 0 Å². The SMILES string of the molecule is CC.c1cccc(-n2c3ccccc3c3ccccc32)c#1. The monoisotopic (exact) mass is 271 g/mol. The van der Waals surface area contributed by atoms with E-state index in [1.165, 1.54) is 21.8 Å². The Morgan fingerprint density at radius 3 is 1.81 bits per heavy atom. The summed E-state index contributed by atoms with van der Waals surface area (Å²) in [5.74, 6) is 0. The quantitative estimate of drug-likeness (QED) is 0.436. The summed E-state index contributed by atoms with van der Waals surface area (Å²) < 4.78 is 2.24. The van der Waals surface area contributed by atoms with Crippen LogP contribution in [0.1, 0.15) is 13.8 Å². The molecule has 0 saturated carbocycles. The first-order chi connectivity index (χ1) is 10.4. The molecule has 3 aromatic carbocycles. The van der Waals surface area contributed by atoms with E-state index in [1.807, 2.05) is 26.0 Å². The van der Waals surface area contributed by atoms with Crippen LogP contribution in [0.2, 0.25) is 0 Å². The maximum atomic E-state index is 3.19. The highest BCUT2D eigenvalue weighted by Gasteiger charge is 2.10. The second kappa shape index (κ2) is 5.73. The van der Waals surface area contributed by atoms with Crippen LogP contribution in [0, 0.1) is 12.1 Å². The molecule has 0 fully saturated rings. The van der Waals surface area contributed by atoms with Crippen molar-refractivity contribution >= 4 is 21.8 Å². The molecule has 0 aliphatic carbocycles. The minimum absolute atomic E-state index is 1.03. The van der Waals surface area contributed by atoms with Gasteiger partial charge >= 0.3 is 0 Å². The fraction of sp³-hybridized carbons (Fsp3) is 0.100. The first-order valence-corrected chi connectivity index (χ1v) is 7.32. The van der Waals surface area contributed by atoms with E-state index in [0.29, 0.717) is 0 Å². The molecule has 102 valence electrons. The Bertz CT molecular complexity index is 803. The van der Waals surface area contributed by atoms with Crippen molar-refractivity contribution in [3.05, 3.63) is 78.9 Å². The Kier molecular flexibility index (Phi) is 3.62. The summed E-state index contributed by atoms with van der Waals surface area (Å²) in [5, 5.41) is 2.55. The van der Waals surface area contributed by atoms with E-state index in [9.17, 15) is 0 Å². The number of fused-ring (bicyclic) bond motifs is 3. The molecule has 1 aromatic heterocycles. The lowest BCUT2D eigenvalue weighted by Gasteiger charge is -2.04. The molecular formula is C20H17N. The van der Waals surface area contributed by atoms with E-state index in [-0.39, 0.29) is 0 Å². The normalized spacial score (nSPS) is 10.0. The maximum absolute atomic E-state index is 3.19. The third kappa shape index (κ3) is 2.15. The van der Waals surface area contributed by atoms with Crippen LogP contribution in [-0.4, -0.2) is 4.57 Å². The lowest BCUT2D eigenvalue weighted by Crippen LogP contribution is -1.91. The molecule has 1 nitrogen and oxygen atoms in total. The summed E-state index contributed by atoms with van der Waals surface area (Å²) in [7, 11) is 0. The second-order valence-electron chi connectivity index (χ2n) is 4.55. The van der Waals surface area contributed by atoms with E-state index in [1.54, 1.807) is 0 Å². The van der Waals surface area contributed by atoms with Crippen molar-refractivity contribution in [2.24, 2.45) is 0 Å². The topological polar surface area (TPSA) is 4.93 Å². The highest BCUT2D eigenvalue weighted by molar-refractivity contribution is 6.09. The fourth-order valence-corrected chi connectivity index (χ4v) is 2.66. The van der Waals surface area contributed by atoms with Crippen LogP contribution in [0.25, 0.3) is 27.5 Å². The van der Waals surface area contributed by atoms with Crippen molar-refractivity contribution < 1.29 is 0 Å². The zero-order valence-electron chi connectivity index (χ0n) is 12.3. The van der Waals surface area contributed by atoms with Gasteiger partial charge in [-0.1, -0.05) is 62.4 Å². The van der Waals surface area contributed by atoms with E-state index >= 15 is 0 Å². The predicted octanol–water partition coefficient (Wildman–Crippen LogP) is 5.41. The van der Waals surface area contributed by atoms with Gasteiger partial charge in [0.1, 0.15) is 0 Å². The fourth-order valence-electron chi connectivity index (χ4n) is 2.66. The highest BCUT2D eigenvalue weighted by atomic mass is 15.0. The van der Waals surface area contributed by atoms with Gasteiger partial charge in [0.05, 0.1) is 16.7 Å². The third-order valence-electron chi connectivity index (χ3n) is 3.45. The van der Waals surface area contributed by atoms with E-state index in [2.05, 4.69) is 71.3 Å². The van der Waals surface area contributed by atoms with Gasteiger partial charge in [0.15, 0.2) is 0 Å². The van der Waals surface area contributed by atoms with E-state index in [4.69, 9.17) is 0 Å². The molecule has 0 saturated heterocycles. The van der Waals surface area contributed by atoms with Crippen molar-refractivity contribution in [3.63, 3.8) is 0 Å². The van der Waals surface area contributed by atoms with Crippen molar-refractivity contribution in [2.45, 2.75) is 13.8 Å². The van der Waals surface area contributed by atoms with Gasteiger partial charge in [0.25, 0.3) is 0 Å². The molecule has 0 atom stereocenters. The summed E-state index contributed by atoms with van der Waals surface area (Å²) in [6.45, 7) is 4.00. The molecular weight excluding hydrogens is 254 g/mol. The minimum Gasteiger partial charge on any atom is -0.302 e. The average Bonchev–Trinajstić information content (AvgIpc) is 2.92. The molecule has 0 radical (unpaired) electrons. The summed E-state index contributed by atoms with van der Waals surface area (Å²) in [5.41, 5.74) is 3.44. The third-order valence-corrected chi connectivity index (χ3v) is 3.45. The number of nitrogens with zero attached hydrogens (tertiary/aromatic N) is 1. The standard InChI is InChI=1S/C18H11N.C2H6/c1-2-8-14(9-3-1)19-17-12-6-4-10-15(17)16-11-5-7-13-18(16)19;1-2/h1-2,4-8,10-13H;1-2H3. The molecule has 0 amide bonds. The summed E-state index contributed by atoms with van der Waals surface area (Å²) in [4.78, 5) is 0. The molecule has 0 aliphatic rings. The first-order valence-electron chi connectivity index (χ1n) is 7.32. The molecule has 0 bridgehead atoms. The Morgan fingerprint density at radius 2 is 1.29 bits per heavy atom. The number of benzene rings is 2. The zero-order chi connectivity index (χ0) is 14.7. The van der Waals surface area contributed by atoms with Crippen LogP contribution in [0.15, 0.2) is 66.7 Å². The number of hydrogen-bond acceptors (Lipinski definition) is 0. The van der Waals surface area contributed by atoms with Gasteiger partial charge in [-0.2, -0.15) is 0 Å². The van der Waals surface area contributed by atoms with Crippen molar-refractivity contribution in [1.29, 1.82) is 0 Å². The average molecular weight is 271 g/mol. The van der Waals surface area contributed by atoms with Crippen LogP contribution in [0.3, 0.4) is 0 Å². The lowest BCUT2D eigenvalue weighted by molar-refractivity contribution is 1.18. The Balaban J connectivity index is 0.000000636. The number of para-hydroxylation sites is 2. The minimum atomic E-state index is 1.03.